The molecule has 0 aliphatic rings. The molecule has 2 aromatic rings. The molecule has 0 aromatic carbocycles. The van der Waals surface area contributed by atoms with Crippen LogP contribution < -0.4 is 5.73 Å². The summed E-state index contributed by atoms with van der Waals surface area (Å²) >= 11 is 0. The fourth-order valence-corrected chi connectivity index (χ4v) is 1.47. The predicted molar refractivity (Wildman–Crippen MR) is 60.7 cm³/mol. The second kappa shape index (κ2) is 4.10. The Bertz CT molecular complexity index is 520. The lowest BCUT2D eigenvalue weighted by atomic mass is 10.1. The van der Waals surface area contributed by atoms with E-state index in [-0.39, 0.29) is 5.69 Å². The molecule has 4 nitrogen and oxygen atoms in total. The quantitative estimate of drug-likeness (QED) is 0.822. The van der Waals surface area contributed by atoms with Crippen molar-refractivity contribution in [2.75, 3.05) is 0 Å². The molecule has 0 saturated heterocycles. The number of aromatic nitrogens is 2. The molecular formula is C12H11N3O. The van der Waals surface area contributed by atoms with Crippen LogP contribution in [0.3, 0.4) is 0 Å². The van der Waals surface area contributed by atoms with Gasteiger partial charge in [0.25, 0.3) is 5.91 Å². The van der Waals surface area contributed by atoms with Gasteiger partial charge in [-0.1, -0.05) is 6.07 Å². The number of carbonyl (C=O) groups excluding carboxylic acids is 1. The normalized spacial score (nSPS) is 10.1. The Morgan fingerprint density at radius 3 is 2.62 bits per heavy atom. The smallest absolute Gasteiger partial charge is 0.267 e. The number of carbonyl (C=O) groups is 1. The molecule has 2 aromatic heterocycles. The first-order valence-corrected chi connectivity index (χ1v) is 4.86. The molecule has 2 N–H and O–H groups in total. The Labute approximate surface area is 93.2 Å². The minimum Gasteiger partial charge on any atom is -0.364 e. The van der Waals surface area contributed by atoms with Crippen LogP contribution in [0.4, 0.5) is 0 Å². The molecule has 0 aliphatic heterocycles. The largest absolute Gasteiger partial charge is 0.364 e. The van der Waals surface area contributed by atoms with Gasteiger partial charge in [-0.05, 0) is 30.7 Å². The van der Waals surface area contributed by atoms with Crippen molar-refractivity contribution in [2.24, 2.45) is 5.73 Å². The second-order valence-corrected chi connectivity index (χ2v) is 3.47. The molecule has 16 heavy (non-hydrogen) atoms. The predicted octanol–water partition coefficient (Wildman–Crippen LogP) is 1.55. The average molecular weight is 213 g/mol. The number of pyridine rings is 2. The maximum absolute atomic E-state index is 10.9. The summed E-state index contributed by atoms with van der Waals surface area (Å²) in [6.45, 7) is 1.98. The van der Waals surface area contributed by atoms with E-state index in [9.17, 15) is 4.79 Å². The van der Waals surface area contributed by atoms with Gasteiger partial charge in [0.15, 0.2) is 0 Å². The summed E-state index contributed by atoms with van der Waals surface area (Å²) in [6.07, 6.45) is 3.33. The number of nitrogens with zero attached hydrogens (tertiary/aromatic N) is 2. The molecule has 2 heterocycles. The van der Waals surface area contributed by atoms with Crippen LogP contribution >= 0.6 is 0 Å². The van der Waals surface area contributed by atoms with Crippen molar-refractivity contribution < 1.29 is 4.79 Å². The third-order valence-electron chi connectivity index (χ3n) is 2.30. The second-order valence-electron chi connectivity index (χ2n) is 3.47. The lowest BCUT2D eigenvalue weighted by molar-refractivity contribution is 0.0995. The number of primary amides is 1. The molecular weight excluding hydrogens is 202 g/mol. The summed E-state index contributed by atoms with van der Waals surface area (Å²) in [6, 6.07) is 7.25. The van der Waals surface area contributed by atoms with Gasteiger partial charge in [0.05, 0.1) is 5.69 Å². The van der Waals surface area contributed by atoms with Crippen molar-refractivity contribution in [2.45, 2.75) is 6.92 Å². The molecule has 80 valence electrons. The Balaban J connectivity index is 2.43. The first-order valence-electron chi connectivity index (χ1n) is 4.86. The number of rotatable bonds is 2. The summed E-state index contributed by atoms with van der Waals surface area (Å²) in [7, 11) is 0. The molecule has 0 spiro atoms. The summed E-state index contributed by atoms with van der Waals surface area (Å²) in [5.74, 6) is -0.524. The molecule has 0 fully saturated rings. The molecule has 4 heteroatoms. The summed E-state index contributed by atoms with van der Waals surface area (Å²) in [5, 5.41) is 0. The highest BCUT2D eigenvalue weighted by Crippen LogP contribution is 2.19. The standard InChI is InChI=1S/C12H11N3O/c1-8-3-2-6-14-11(8)9-4-5-10(12(13)16)15-7-9/h2-7H,1H3,(H2,13,16). The van der Waals surface area contributed by atoms with Crippen LogP contribution in [0.15, 0.2) is 36.7 Å². The van der Waals surface area contributed by atoms with Crippen LogP contribution in [0, 0.1) is 6.92 Å². The number of amides is 1. The third kappa shape index (κ3) is 1.91. The van der Waals surface area contributed by atoms with E-state index in [0.717, 1.165) is 16.8 Å². The van der Waals surface area contributed by atoms with E-state index in [1.165, 1.54) is 0 Å². The fourth-order valence-electron chi connectivity index (χ4n) is 1.47. The van der Waals surface area contributed by atoms with Crippen molar-refractivity contribution in [3.05, 3.63) is 47.9 Å². The maximum atomic E-state index is 10.9. The van der Waals surface area contributed by atoms with Gasteiger partial charge in [0.2, 0.25) is 0 Å². The highest BCUT2D eigenvalue weighted by Gasteiger charge is 2.05. The molecule has 0 bridgehead atoms. The lowest BCUT2D eigenvalue weighted by Gasteiger charge is -2.03. The molecule has 0 atom stereocenters. The summed E-state index contributed by atoms with van der Waals surface area (Å²) < 4.78 is 0. The van der Waals surface area contributed by atoms with E-state index in [2.05, 4.69) is 9.97 Å². The van der Waals surface area contributed by atoms with Gasteiger partial charge >= 0.3 is 0 Å². The van der Waals surface area contributed by atoms with Crippen LogP contribution in [-0.4, -0.2) is 15.9 Å². The zero-order valence-electron chi connectivity index (χ0n) is 8.84. The summed E-state index contributed by atoms with van der Waals surface area (Å²) in [5.41, 5.74) is 8.19. The van der Waals surface area contributed by atoms with E-state index in [4.69, 9.17) is 5.73 Å². The molecule has 0 radical (unpaired) electrons. The fraction of sp³-hybridized carbons (Fsp3) is 0.0833. The van der Waals surface area contributed by atoms with Crippen LogP contribution in [0.2, 0.25) is 0 Å². The van der Waals surface area contributed by atoms with Crippen LogP contribution in [0.5, 0.6) is 0 Å². The van der Waals surface area contributed by atoms with Gasteiger partial charge in [-0.3, -0.25) is 14.8 Å². The molecule has 0 aliphatic carbocycles. The zero-order valence-corrected chi connectivity index (χ0v) is 8.84. The molecule has 1 amide bonds. The molecule has 0 saturated carbocycles. The highest BCUT2D eigenvalue weighted by molar-refractivity contribution is 5.91. The molecule has 2 rings (SSSR count). The van der Waals surface area contributed by atoms with Crippen LogP contribution in [-0.2, 0) is 0 Å². The van der Waals surface area contributed by atoms with Gasteiger partial charge in [-0.25, -0.2) is 0 Å². The topological polar surface area (TPSA) is 68.9 Å². The van der Waals surface area contributed by atoms with Gasteiger partial charge < -0.3 is 5.73 Å². The maximum Gasteiger partial charge on any atom is 0.267 e. The van der Waals surface area contributed by atoms with E-state index in [1.54, 1.807) is 24.5 Å². The number of hydrogen-bond donors (Lipinski definition) is 1. The Kier molecular flexibility index (Phi) is 2.64. The summed E-state index contributed by atoms with van der Waals surface area (Å²) in [4.78, 5) is 19.1. The van der Waals surface area contributed by atoms with E-state index >= 15 is 0 Å². The Morgan fingerprint density at radius 2 is 2.06 bits per heavy atom. The monoisotopic (exact) mass is 213 g/mol. The van der Waals surface area contributed by atoms with E-state index in [0.29, 0.717) is 0 Å². The van der Waals surface area contributed by atoms with Gasteiger partial charge in [-0.15, -0.1) is 0 Å². The van der Waals surface area contributed by atoms with Crippen molar-refractivity contribution in [1.29, 1.82) is 0 Å². The van der Waals surface area contributed by atoms with Crippen molar-refractivity contribution >= 4 is 5.91 Å². The Hall–Kier alpha value is -2.23. The molecule has 0 unspecified atom stereocenters. The first-order chi connectivity index (χ1) is 7.68. The minimum atomic E-state index is -0.524. The first kappa shape index (κ1) is 10.3. The third-order valence-corrected chi connectivity index (χ3v) is 2.30. The highest BCUT2D eigenvalue weighted by atomic mass is 16.1. The van der Waals surface area contributed by atoms with Gasteiger partial charge in [-0.2, -0.15) is 0 Å². The van der Waals surface area contributed by atoms with E-state index in [1.807, 2.05) is 19.1 Å². The van der Waals surface area contributed by atoms with Crippen molar-refractivity contribution in [1.82, 2.24) is 9.97 Å². The van der Waals surface area contributed by atoms with Gasteiger partial charge in [0.1, 0.15) is 5.69 Å². The number of hydrogen-bond acceptors (Lipinski definition) is 3. The van der Waals surface area contributed by atoms with Crippen LogP contribution in [0.1, 0.15) is 16.1 Å². The zero-order chi connectivity index (χ0) is 11.5. The minimum absolute atomic E-state index is 0.261. The van der Waals surface area contributed by atoms with Crippen molar-refractivity contribution in [3.63, 3.8) is 0 Å². The van der Waals surface area contributed by atoms with E-state index < -0.39 is 5.91 Å². The van der Waals surface area contributed by atoms with Crippen LogP contribution in [0.25, 0.3) is 11.3 Å². The number of nitrogens with two attached hydrogens (primary N) is 1. The lowest BCUT2D eigenvalue weighted by Crippen LogP contribution is -2.12. The SMILES string of the molecule is Cc1cccnc1-c1ccc(C(N)=O)nc1. The van der Waals surface area contributed by atoms with Crippen molar-refractivity contribution in [3.8, 4) is 11.3 Å². The number of aryl methyl sites for hydroxylation is 1. The Morgan fingerprint density at radius 1 is 1.25 bits per heavy atom. The van der Waals surface area contributed by atoms with Gasteiger partial charge in [0, 0.05) is 18.0 Å². The average Bonchev–Trinajstić information content (AvgIpc) is 2.30.